The lowest BCUT2D eigenvalue weighted by Gasteiger charge is -2.17. The van der Waals surface area contributed by atoms with Crippen LogP contribution < -0.4 is 5.32 Å². The van der Waals surface area contributed by atoms with Crippen molar-refractivity contribution in [3.05, 3.63) is 64.0 Å². The highest BCUT2D eigenvalue weighted by molar-refractivity contribution is 7.16. The maximum Gasteiger partial charge on any atom is 0.229 e. The van der Waals surface area contributed by atoms with Crippen LogP contribution in [0.2, 0.25) is 0 Å². The van der Waals surface area contributed by atoms with Gasteiger partial charge in [0, 0.05) is 4.88 Å². The Bertz CT molecular complexity index is 1020. The number of nitrogens with one attached hydrogen (secondary N) is 1. The van der Waals surface area contributed by atoms with Gasteiger partial charge in [0.25, 0.3) is 0 Å². The summed E-state index contributed by atoms with van der Waals surface area (Å²) in [6.45, 7) is 2.22. The van der Waals surface area contributed by atoms with Gasteiger partial charge in [-0.3, -0.25) is 4.79 Å². The predicted molar refractivity (Wildman–Crippen MR) is 107 cm³/mol. The van der Waals surface area contributed by atoms with E-state index in [0.717, 1.165) is 46.2 Å². The molecule has 0 saturated carbocycles. The molecule has 1 amide bonds. The molecule has 1 heterocycles. The van der Waals surface area contributed by atoms with E-state index in [1.807, 2.05) is 30.3 Å². The lowest BCUT2D eigenvalue weighted by Crippen LogP contribution is -2.14. The van der Waals surface area contributed by atoms with Gasteiger partial charge in [0.15, 0.2) is 0 Å². The molecule has 1 aromatic heterocycles. The predicted octanol–water partition coefficient (Wildman–Crippen LogP) is 5.08. The second kappa shape index (κ2) is 6.93. The largest absolute Gasteiger partial charge is 0.316 e. The summed E-state index contributed by atoms with van der Waals surface area (Å²) in [7, 11) is 0. The van der Waals surface area contributed by atoms with Crippen molar-refractivity contribution in [2.75, 3.05) is 5.32 Å². The van der Waals surface area contributed by atoms with E-state index in [0.29, 0.717) is 17.9 Å². The molecule has 4 rings (SSSR count). The first-order chi connectivity index (χ1) is 12.7. The summed E-state index contributed by atoms with van der Waals surface area (Å²) >= 11 is 1.58. The average Bonchev–Trinajstić information content (AvgIpc) is 2.98. The molecule has 0 bridgehead atoms. The van der Waals surface area contributed by atoms with Crippen molar-refractivity contribution < 1.29 is 4.79 Å². The molecule has 1 unspecified atom stereocenters. The van der Waals surface area contributed by atoms with Gasteiger partial charge in [-0.05, 0) is 47.1 Å². The van der Waals surface area contributed by atoms with Crippen LogP contribution in [0, 0.1) is 17.2 Å². The highest BCUT2D eigenvalue weighted by Crippen LogP contribution is 2.39. The molecule has 4 heteroatoms. The Morgan fingerprint density at radius 2 is 2.08 bits per heavy atom. The van der Waals surface area contributed by atoms with Crippen molar-refractivity contribution in [2.45, 2.75) is 32.6 Å². The average molecular weight is 360 g/mol. The summed E-state index contributed by atoms with van der Waals surface area (Å²) < 4.78 is 0. The first kappa shape index (κ1) is 16.8. The lowest BCUT2D eigenvalue weighted by atomic mass is 9.88. The number of carbonyl (C=O) groups is 1. The Kier molecular flexibility index (Phi) is 4.48. The maximum absolute atomic E-state index is 12.7. The minimum Gasteiger partial charge on any atom is -0.316 e. The summed E-state index contributed by atoms with van der Waals surface area (Å²) in [5, 5.41) is 15.6. The van der Waals surface area contributed by atoms with Crippen molar-refractivity contribution in [2.24, 2.45) is 5.92 Å². The van der Waals surface area contributed by atoms with Gasteiger partial charge in [0.2, 0.25) is 5.91 Å². The molecule has 0 fully saturated rings. The number of hydrogen-bond donors (Lipinski definition) is 1. The highest BCUT2D eigenvalue weighted by Gasteiger charge is 2.24. The van der Waals surface area contributed by atoms with E-state index < -0.39 is 0 Å². The molecule has 26 heavy (non-hydrogen) atoms. The van der Waals surface area contributed by atoms with Crippen molar-refractivity contribution in [1.82, 2.24) is 0 Å². The van der Waals surface area contributed by atoms with Crippen molar-refractivity contribution in [1.29, 1.82) is 5.26 Å². The fourth-order valence-corrected chi connectivity index (χ4v) is 4.97. The molecule has 1 aliphatic carbocycles. The number of thiophene rings is 1. The Hall–Kier alpha value is -2.64. The minimum atomic E-state index is -0.0653. The second-order valence-corrected chi connectivity index (χ2v) is 8.14. The summed E-state index contributed by atoms with van der Waals surface area (Å²) in [4.78, 5) is 13.9. The second-order valence-electron chi connectivity index (χ2n) is 7.03. The van der Waals surface area contributed by atoms with Crippen LogP contribution in [0.15, 0.2) is 42.5 Å². The number of anilines is 1. The smallest absolute Gasteiger partial charge is 0.229 e. The van der Waals surface area contributed by atoms with E-state index in [1.165, 1.54) is 4.88 Å². The highest BCUT2D eigenvalue weighted by atomic mass is 32.1. The first-order valence-electron chi connectivity index (χ1n) is 8.97. The van der Waals surface area contributed by atoms with E-state index in [9.17, 15) is 10.1 Å². The fourth-order valence-electron chi connectivity index (χ4n) is 3.75. The summed E-state index contributed by atoms with van der Waals surface area (Å²) in [6, 6.07) is 16.4. The van der Waals surface area contributed by atoms with Crippen molar-refractivity contribution >= 4 is 33.0 Å². The lowest BCUT2D eigenvalue weighted by molar-refractivity contribution is -0.115. The van der Waals surface area contributed by atoms with Crippen molar-refractivity contribution in [3.63, 3.8) is 0 Å². The van der Waals surface area contributed by atoms with Crippen LogP contribution in [0.4, 0.5) is 5.00 Å². The molecular formula is C22H20N2OS. The molecule has 130 valence electrons. The number of amides is 1. The molecule has 3 aromatic rings. The van der Waals surface area contributed by atoms with E-state index in [2.05, 4.69) is 30.4 Å². The monoisotopic (exact) mass is 360 g/mol. The van der Waals surface area contributed by atoms with Crippen LogP contribution in [-0.2, 0) is 24.1 Å². The molecule has 1 atom stereocenters. The van der Waals surface area contributed by atoms with E-state index in [1.54, 1.807) is 11.3 Å². The summed E-state index contributed by atoms with van der Waals surface area (Å²) in [5.41, 5.74) is 2.83. The van der Waals surface area contributed by atoms with Crippen LogP contribution in [0.5, 0.6) is 0 Å². The van der Waals surface area contributed by atoms with Crippen LogP contribution in [0.3, 0.4) is 0 Å². The molecular weight excluding hydrogens is 340 g/mol. The Balaban J connectivity index is 1.58. The number of nitrogens with zero attached hydrogens (tertiary/aromatic N) is 1. The van der Waals surface area contributed by atoms with Gasteiger partial charge >= 0.3 is 0 Å². The summed E-state index contributed by atoms with van der Waals surface area (Å²) in [6.07, 6.45) is 3.41. The quantitative estimate of drug-likeness (QED) is 0.708. The van der Waals surface area contributed by atoms with Crippen LogP contribution in [0.1, 0.15) is 34.9 Å². The topological polar surface area (TPSA) is 52.9 Å². The zero-order valence-corrected chi connectivity index (χ0v) is 15.5. The van der Waals surface area contributed by atoms with Gasteiger partial charge < -0.3 is 5.32 Å². The Morgan fingerprint density at radius 1 is 1.27 bits per heavy atom. The molecule has 0 spiro atoms. The molecule has 1 aliphatic rings. The fraction of sp³-hybridized carbons (Fsp3) is 0.273. The van der Waals surface area contributed by atoms with E-state index in [-0.39, 0.29) is 5.91 Å². The molecule has 3 nitrogen and oxygen atoms in total. The number of hydrogen-bond acceptors (Lipinski definition) is 3. The molecule has 2 aromatic carbocycles. The van der Waals surface area contributed by atoms with Gasteiger partial charge in [-0.2, -0.15) is 5.26 Å². The number of nitriles is 1. The van der Waals surface area contributed by atoms with Gasteiger partial charge in [0.1, 0.15) is 11.1 Å². The minimum absolute atomic E-state index is 0.0653. The Morgan fingerprint density at radius 3 is 2.92 bits per heavy atom. The number of benzene rings is 2. The summed E-state index contributed by atoms with van der Waals surface area (Å²) in [5.74, 6) is 0.535. The van der Waals surface area contributed by atoms with E-state index in [4.69, 9.17) is 0 Å². The standard InChI is InChI=1S/C22H20N2OS/c1-14-9-10-20-18(11-14)19(13-23)22(26-20)24-21(25)12-16-7-4-6-15-5-2-3-8-17(15)16/h2-8,14H,9-12H2,1H3,(H,24,25). The first-order valence-corrected chi connectivity index (χ1v) is 9.78. The molecule has 0 aliphatic heterocycles. The third-order valence-electron chi connectivity index (χ3n) is 5.10. The Labute approximate surface area is 157 Å². The van der Waals surface area contributed by atoms with Gasteiger partial charge in [-0.25, -0.2) is 0 Å². The number of fused-ring (bicyclic) bond motifs is 2. The van der Waals surface area contributed by atoms with Gasteiger partial charge in [-0.1, -0.05) is 49.4 Å². The number of carbonyl (C=O) groups excluding carboxylic acids is 1. The molecule has 0 radical (unpaired) electrons. The van der Waals surface area contributed by atoms with E-state index >= 15 is 0 Å². The zero-order valence-electron chi connectivity index (χ0n) is 14.7. The van der Waals surface area contributed by atoms with Crippen LogP contribution in [0.25, 0.3) is 10.8 Å². The zero-order chi connectivity index (χ0) is 18.1. The van der Waals surface area contributed by atoms with Crippen LogP contribution >= 0.6 is 11.3 Å². The third-order valence-corrected chi connectivity index (χ3v) is 6.31. The SMILES string of the molecule is CC1CCc2sc(NC(=O)Cc3cccc4ccccc34)c(C#N)c2C1. The number of aryl methyl sites for hydroxylation is 1. The maximum atomic E-state index is 12.7. The normalized spacial score (nSPS) is 16.1. The molecule has 0 saturated heterocycles. The van der Waals surface area contributed by atoms with Crippen molar-refractivity contribution in [3.8, 4) is 6.07 Å². The molecule has 1 N–H and O–H groups in total. The van der Waals surface area contributed by atoms with Gasteiger partial charge in [-0.15, -0.1) is 11.3 Å². The third kappa shape index (κ3) is 3.11. The number of rotatable bonds is 3. The van der Waals surface area contributed by atoms with Gasteiger partial charge in [0.05, 0.1) is 12.0 Å². The van der Waals surface area contributed by atoms with Crippen LogP contribution in [-0.4, -0.2) is 5.91 Å².